The fourth-order valence-electron chi connectivity index (χ4n) is 4.25. The van der Waals surface area contributed by atoms with Gasteiger partial charge in [-0.3, -0.25) is 0 Å². The van der Waals surface area contributed by atoms with E-state index in [1.165, 1.54) is 27.3 Å². The molecule has 0 saturated carbocycles. The highest BCUT2D eigenvalue weighted by molar-refractivity contribution is 5.82. The van der Waals surface area contributed by atoms with Crippen molar-refractivity contribution in [3.8, 4) is 0 Å². The van der Waals surface area contributed by atoms with Crippen LogP contribution in [0.1, 0.15) is 23.1 Å². The number of hydrogen-bond acceptors (Lipinski definition) is 3. The van der Waals surface area contributed by atoms with Crippen molar-refractivity contribution in [3.05, 3.63) is 45.3 Å². The van der Waals surface area contributed by atoms with Gasteiger partial charge in [-0.15, -0.1) is 0 Å². The lowest BCUT2D eigenvalue weighted by molar-refractivity contribution is -1.02. The van der Waals surface area contributed by atoms with Crippen LogP contribution in [0.2, 0.25) is 0 Å². The molecule has 0 bridgehead atoms. The summed E-state index contributed by atoms with van der Waals surface area (Å²) in [6.07, 6.45) is 3.44. The first kappa shape index (κ1) is 15.8. The number of aliphatic hydroxyl groups excluding tert-OH is 1. The van der Waals surface area contributed by atoms with Gasteiger partial charge in [0.1, 0.15) is 44.9 Å². The van der Waals surface area contributed by atoms with E-state index >= 15 is 0 Å². The van der Waals surface area contributed by atoms with Crippen molar-refractivity contribution in [1.29, 1.82) is 0 Å². The molecule has 4 rings (SSSR count). The molecular weight excluding hydrogens is 304 g/mol. The van der Waals surface area contributed by atoms with Gasteiger partial charge in [-0.05, 0) is 42.5 Å². The summed E-state index contributed by atoms with van der Waals surface area (Å²) in [4.78, 5) is 15.0. The van der Waals surface area contributed by atoms with Crippen LogP contribution >= 0.6 is 0 Å². The van der Waals surface area contributed by atoms with Crippen molar-refractivity contribution in [2.75, 3.05) is 39.3 Å². The summed E-state index contributed by atoms with van der Waals surface area (Å²) in [7, 11) is 0. The number of aryl methyl sites for hydroxylation is 2. The minimum atomic E-state index is -0.237. The van der Waals surface area contributed by atoms with Gasteiger partial charge in [0.05, 0.1) is 6.61 Å². The Morgan fingerprint density at radius 3 is 2.46 bits per heavy atom. The van der Waals surface area contributed by atoms with E-state index in [1.807, 2.05) is 0 Å². The number of piperazine rings is 1. The molecule has 0 spiro atoms. The lowest BCUT2D eigenvalue weighted by atomic mass is 10.0. The van der Waals surface area contributed by atoms with Gasteiger partial charge in [0, 0.05) is 17.0 Å². The van der Waals surface area contributed by atoms with E-state index < -0.39 is 0 Å². The molecule has 1 aromatic heterocycles. The third kappa shape index (κ3) is 3.11. The lowest BCUT2D eigenvalue weighted by Gasteiger charge is -2.29. The Bertz CT molecular complexity index is 791. The van der Waals surface area contributed by atoms with Crippen LogP contribution in [0.4, 0.5) is 0 Å². The van der Waals surface area contributed by atoms with Gasteiger partial charge in [-0.1, -0.05) is 0 Å². The molecule has 2 aliphatic rings. The Balaban J connectivity index is 1.59. The highest BCUT2D eigenvalue weighted by Crippen LogP contribution is 2.28. The molecule has 1 aliphatic carbocycles. The molecule has 0 amide bonds. The lowest BCUT2D eigenvalue weighted by Crippen LogP contribution is -3.27. The van der Waals surface area contributed by atoms with Gasteiger partial charge in [0.15, 0.2) is 0 Å². The van der Waals surface area contributed by atoms with Crippen LogP contribution in [0.5, 0.6) is 0 Å². The molecule has 5 nitrogen and oxygen atoms in total. The Kier molecular flexibility index (Phi) is 4.39. The monoisotopic (exact) mass is 330 g/mol. The number of nitrogens with one attached hydrogen (secondary N) is 2. The minimum absolute atomic E-state index is 0.237. The number of aliphatic hydroxyl groups is 1. The molecule has 5 heteroatoms. The molecule has 1 aromatic carbocycles. The Morgan fingerprint density at radius 2 is 1.71 bits per heavy atom. The standard InChI is InChI=1S/C19H24N2O3/c22-9-8-20-4-6-21(7-5-20)13-16-12-19(23)24-18-11-15-3-1-2-14(15)10-17(16)18/h10-12,22H,1-9,13H2/p+2. The fraction of sp³-hybridized carbons (Fsp3) is 0.526. The van der Waals surface area contributed by atoms with E-state index in [1.54, 1.807) is 6.07 Å². The number of hydrogen-bond donors (Lipinski definition) is 3. The van der Waals surface area contributed by atoms with Crippen LogP contribution in [0.25, 0.3) is 11.0 Å². The summed E-state index contributed by atoms with van der Waals surface area (Å²) >= 11 is 0. The third-order valence-corrected chi connectivity index (χ3v) is 5.61. The van der Waals surface area contributed by atoms with Gasteiger partial charge >= 0.3 is 5.63 Å². The second-order valence-corrected chi connectivity index (χ2v) is 7.21. The maximum Gasteiger partial charge on any atom is 0.336 e. The van der Waals surface area contributed by atoms with Crippen LogP contribution in [0.15, 0.2) is 27.4 Å². The first-order valence-electron chi connectivity index (χ1n) is 9.09. The predicted octanol–water partition coefficient (Wildman–Crippen LogP) is -1.44. The molecule has 0 radical (unpaired) electrons. The van der Waals surface area contributed by atoms with Crippen LogP contribution in [0.3, 0.4) is 0 Å². The second-order valence-electron chi connectivity index (χ2n) is 7.21. The van der Waals surface area contributed by atoms with Gasteiger partial charge < -0.3 is 19.3 Å². The molecule has 0 atom stereocenters. The van der Waals surface area contributed by atoms with Gasteiger partial charge in [-0.2, -0.15) is 0 Å². The zero-order valence-corrected chi connectivity index (χ0v) is 14.1. The minimum Gasteiger partial charge on any atom is -0.423 e. The Labute approximate surface area is 141 Å². The zero-order valence-electron chi connectivity index (χ0n) is 14.1. The van der Waals surface area contributed by atoms with Crippen LogP contribution in [-0.4, -0.2) is 44.4 Å². The molecule has 1 saturated heterocycles. The fourth-order valence-corrected chi connectivity index (χ4v) is 4.25. The van der Waals surface area contributed by atoms with E-state index in [9.17, 15) is 4.79 Å². The predicted molar refractivity (Wildman–Crippen MR) is 91.6 cm³/mol. The van der Waals surface area contributed by atoms with Crippen molar-refractivity contribution >= 4 is 11.0 Å². The normalized spacial score (nSPS) is 23.5. The third-order valence-electron chi connectivity index (χ3n) is 5.61. The quantitative estimate of drug-likeness (QED) is 0.602. The molecule has 24 heavy (non-hydrogen) atoms. The summed E-state index contributed by atoms with van der Waals surface area (Å²) < 4.78 is 5.47. The average Bonchev–Trinajstić information content (AvgIpc) is 3.02. The van der Waals surface area contributed by atoms with Crippen LogP contribution in [-0.2, 0) is 19.4 Å². The zero-order chi connectivity index (χ0) is 16.5. The molecule has 1 aliphatic heterocycles. The Morgan fingerprint density at radius 1 is 1.00 bits per heavy atom. The van der Waals surface area contributed by atoms with Crippen molar-refractivity contribution in [2.45, 2.75) is 25.8 Å². The van der Waals surface area contributed by atoms with Gasteiger partial charge in [0.25, 0.3) is 0 Å². The molecule has 1 fully saturated rings. The number of rotatable bonds is 4. The van der Waals surface area contributed by atoms with Crippen LogP contribution < -0.4 is 15.4 Å². The highest BCUT2D eigenvalue weighted by Gasteiger charge is 2.24. The summed E-state index contributed by atoms with van der Waals surface area (Å²) in [5.41, 5.74) is 4.40. The molecule has 0 unspecified atom stereocenters. The van der Waals surface area contributed by atoms with Crippen molar-refractivity contribution in [2.24, 2.45) is 0 Å². The summed E-state index contributed by atoms with van der Waals surface area (Å²) in [6, 6.07) is 6.02. The smallest absolute Gasteiger partial charge is 0.336 e. The van der Waals surface area contributed by atoms with E-state index in [0.717, 1.165) is 68.6 Å². The van der Waals surface area contributed by atoms with E-state index in [4.69, 9.17) is 9.52 Å². The number of quaternary nitrogens is 2. The topological polar surface area (TPSA) is 59.3 Å². The van der Waals surface area contributed by atoms with Gasteiger partial charge in [-0.25, -0.2) is 4.79 Å². The van der Waals surface area contributed by atoms with E-state index in [2.05, 4.69) is 12.1 Å². The van der Waals surface area contributed by atoms with Gasteiger partial charge in [0.2, 0.25) is 0 Å². The number of benzene rings is 1. The summed E-state index contributed by atoms with van der Waals surface area (Å²) in [5, 5.41) is 10.2. The van der Waals surface area contributed by atoms with E-state index in [0.29, 0.717) is 0 Å². The Hall–Kier alpha value is -1.69. The summed E-state index contributed by atoms with van der Waals surface area (Å²) in [5.74, 6) is 0. The molecule has 128 valence electrons. The maximum absolute atomic E-state index is 12.0. The highest BCUT2D eigenvalue weighted by atomic mass is 16.4. The SMILES string of the molecule is O=c1cc(C[NH+]2CC[NH+](CCO)CC2)c2cc3c(cc2o1)CCC3. The van der Waals surface area contributed by atoms with Crippen molar-refractivity contribution in [1.82, 2.24) is 0 Å². The largest absolute Gasteiger partial charge is 0.423 e. The number of fused-ring (bicyclic) bond motifs is 2. The molecular formula is C19H26N2O3+2. The maximum atomic E-state index is 12.0. The van der Waals surface area contributed by atoms with E-state index in [-0.39, 0.29) is 12.2 Å². The molecule has 3 N–H and O–H groups in total. The van der Waals surface area contributed by atoms with Crippen LogP contribution in [0, 0.1) is 0 Å². The first-order valence-corrected chi connectivity index (χ1v) is 9.09. The molecule has 2 heterocycles. The molecule has 2 aromatic rings. The van der Waals surface area contributed by atoms with Crippen molar-refractivity contribution in [3.63, 3.8) is 0 Å². The first-order chi connectivity index (χ1) is 11.7. The second kappa shape index (κ2) is 6.67. The summed E-state index contributed by atoms with van der Waals surface area (Å²) in [6.45, 7) is 6.34. The average molecular weight is 330 g/mol. The van der Waals surface area contributed by atoms with Crippen molar-refractivity contribution < 1.29 is 19.3 Å².